The third-order valence-electron chi connectivity index (χ3n) is 6.03. The lowest BCUT2D eigenvalue weighted by Crippen LogP contribution is -2.60. The molecular formula is C27H36N4O8S. The van der Waals surface area contributed by atoms with Gasteiger partial charge < -0.3 is 42.1 Å². The fourth-order valence-corrected chi connectivity index (χ4v) is 4.22. The van der Waals surface area contributed by atoms with Crippen molar-refractivity contribution in [3.8, 4) is 11.5 Å². The molecule has 0 spiro atoms. The third-order valence-corrected chi connectivity index (χ3v) is 6.67. The van der Waals surface area contributed by atoms with E-state index in [2.05, 4.69) is 16.0 Å². The van der Waals surface area contributed by atoms with Crippen molar-refractivity contribution in [3.63, 3.8) is 0 Å². The van der Waals surface area contributed by atoms with Crippen LogP contribution in [0.25, 0.3) is 0 Å². The molecule has 2 aromatic carbocycles. The number of hydrogen-bond donors (Lipinski definition) is 8. The zero-order valence-electron chi connectivity index (χ0n) is 22.2. The van der Waals surface area contributed by atoms with Crippen LogP contribution in [-0.4, -0.2) is 86.4 Å². The van der Waals surface area contributed by atoms with Crippen molar-refractivity contribution < 1.29 is 39.6 Å². The second kappa shape index (κ2) is 15.7. The van der Waals surface area contributed by atoms with Crippen molar-refractivity contribution in [2.24, 2.45) is 5.73 Å². The molecule has 5 atom stereocenters. The fourth-order valence-electron chi connectivity index (χ4n) is 3.75. The minimum absolute atomic E-state index is 0.000898. The van der Waals surface area contributed by atoms with Crippen LogP contribution in [-0.2, 0) is 32.0 Å². The largest absolute Gasteiger partial charge is 0.508 e. The Balaban J connectivity index is 2.08. The molecule has 5 unspecified atom stereocenters. The maximum atomic E-state index is 13.1. The molecule has 0 bridgehead atoms. The lowest BCUT2D eigenvalue weighted by molar-refractivity contribution is -0.143. The topological polar surface area (TPSA) is 211 Å². The van der Waals surface area contributed by atoms with Gasteiger partial charge in [-0.1, -0.05) is 24.3 Å². The first-order chi connectivity index (χ1) is 18.9. The number of amides is 3. The summed E-state index contributed by atoms with van der Waals surface area (Å²) in [7, 11) is 0. The van der Waals surface area contributed by atoms with E-state index < -0.39 is 54.0 Å². The number of phenolic OH excluding ortho intramolecular Hbond substituents is 2. The molecular weight excluding hydrogens is 540 g/mol. The van der Waals surface area contributed by atoms with E-state index >= 15 is 0 Å². The molecule has 0 saturated carbocycles. The van der Waals surface area contributed by atoms with Gasteiger partial charge in [-0.25, -0.2) is 4.79 Å². The summed E-state index contributed by atoms with van der Waals surface area (Å²) in [6, 6.07) is 7.01. The first kappa shape index (κ1) is 32.4. The lowest BCUT2D eigenvalue weighted by atomic mass is 10.0. The molecule has 0 aromatic heterocycles. The molecule has 0 saturated heterocycles. The summed E-state index contributed by atoms with van der Waals surface area (Å²) in [6.07, 6.45) is 0.685. The molecule has 218 valence electrons. The highest BCUT2D eigenvalue weighted by atomic mass is 32.2. The predicted molar refractivity (Wildman–Crippen MR) is 150 cm³/mol. The first-order valence-electron chi connectivity index (χ1n) is 12.5. The van der Waals surface area contributed by atoms with Gasteiger partial charge in [0, 0.05) is 6.42 Å². The molecule has 9 N–H and O–H groups in total. The van der Waals surface area contributed by atoms with Gasteiger partial charge in [0.1, 0.15) is 29.6 Å². The Morgan fingerprint density at radius 1 is 0.800 bits per heavy atom. The number of nitrogens with two attached hydrogens (primary N) is 1. The number of carbonyl (C=O) groups is 4. The Labute approximate surface area is 236 Å². The van der Waals surface area contributed by atoms with Crippen LogP contribution in [0.2, 0.25) is 0 Å². The second-order valence-corrected chi connectivity index (χ2v) is 10.3. The number of carboxylic acids is 1. The van der Waals surface area contributed by atoms with Crippen LogP contribution >= 0.6 is 11.8 Å². The number of phenols is 2. The zero-order valence-corrected chi connectivity index (χ0v) is 23.1. The number of carboxylic acid groups (broad SMARTS) is 1. The maximum Gasteiger partial charge on any atom is 0.326 e. The normalized spacial score (nSPS) is 14.7. The second-order valence-electron chi connectivity index (χ2n) is 9.32. The van der Waals surface area contributed by atoms with Crippen LogP contribution < -0.4 is 21.7 Å². The van der Waals surface area contributed by atoms with Crippen LogP contribution in [0.4, 0.5) is 0 Å². The van der Waals surface area contributed by atoms with Crippen molar-refractivity contribution in [3.05, 3.63) is 59.7 Å². The van der Waals surface area contributed by atoms with Crippen molar-refractivity contribution in [2.75, 3.05) is 12.0 Å². The third kappa shape index (κ3) is 10.4. The summed E-state index contributed by atoms with van der Waals surface area (Å²) in [5, 5.41) is 46.0. The van der Waals surface area contributed by atoms with Crippen LogP contribution in [0.15, 0.2) is 48.5 Å². The number of aliphatic hydroxyl groups is 1. The number of benzene rings is 2. The highest BCUT2D eigenvalue weighted by molar-refractivity contribution is 7.98. The van der Waals surface area contributed by atoms with E-state index in [4.69, 9.17) is 5.73 Å². The number of aliphatic hydroxyl groups excluding tert-OH is 1. The molecule has 0 fully saturated rings. The SMILES string of the molecule is CSCCC(NC(=O)C(N)Cc1ccc(O)cc1)C(=O)NC(C(=O)NC(Cc1ccc(O)cc1)C(=O)O)C(C)O. The van der Waals surface area contributed by atoms with E-state index in [0.717, 1.165) is 0 Å². The molecule has 0 heterocycles. The molecule has 0 aliphatic carbocycles. The number of hydrogen-bond acceptors (Lipinski definition) is 9. The number of aromatic hydroxyl groups is 2. The van der Waals surface area contributed by atoms with Crippen LogP contribution in [0.5, 0.6) is 11.5 Å². The van der Waals surface area contributed by atoms with Crippen molar-refractivity contribution in [1.82, 2.24) is 16.0 Å². The van der Waals surface area contributed by atoms with Gasteiger partial charge in [0.2, 0.25) is 17.7 Å². The summed E-state index contributed by atoms with van der Waals surface area (Å²) < 4.78 is 0. The van der Waals surface area contributed by atoms with Gasteiger partial charge in [-0.3, -0.25) is 14.4 Å². The van der Waals surface area contributed by atoms with E-state index in [0.29, 0.717) is 16.9 Å². The van der Waals surface area contributed by atoms with Gasteiger partial charge in [0.15, 0.2) is 0 Å². The average Bonchev–Trinajstić information content (AvgIpc) is 2.91. The number of nitrogens with one attached hydrogen (secondary N) is 3. The Morgan fingerprint density at radius 3 is 1.77 bits per heavy atom. The summed E-state index contributed by atoms with van der Waals surface area (Å²) in [5.41, 5.74) is 7.27. The van der Waals surface area contributed by atoms with E-state index in [1.165, 1.54) is 55.1 Å². The summed E-state index contributed by atoms with van der Waals surface area (Å²) in [6.45, 7) is 1.27. The number of aliphatic carboxylic acids is 1. The minimum Gasteiger partial charge on any atom is -0.508 e. The minimum atomic E-state index is -1.51. The summed E-state index contributed by atoms with van der Waals surface area (Å²) in [5.74, 6) is -3.04. The standard InChI is InChI=1S/C27H36N4O8S/c1-15(32)23(26(37)30-22(27(38)39)14-17-5-9-19(34)10-6-17)31-25(36)21(11-12-40-2)29-24(35)20(28)13-16-3-7-18(33)8-4-16/h3-10,15,20-23,32-34H,11-14,28H2,1-2H3,(H,29,35)(H,30,37)(H,31,36)(H,38,39). The van der Waals surface area contributed by atoms with Crippen molar-refractivity contribution in [2.45, 2.75) is 56.5 Å². The van der Waals surface area contributed by atoms with Crippen LogP contribution in [0.1, 0.15) is 24.5 Å². The van der Waals surface area contributed by atoms with Crippen LogP contribution in [0.3, 0.4) is 0 Å². The van der Waals surface area contributed by atoms with E-state index in [1.807, 2.05) is 6.26 Å². The molecule has 2 aromatic rings. The number of thioether (sulfide) groups is 1. The molecule has 0 aliphatic rings. The summed E-state index contributed by atoms with van der Waals surface area (Å²) in [4.78, 5) is 50.7. The number of carbonyl (C=O) groups excluding carboxylic acids is 3. The lowest BCUT2D eigenvalue weighted by Gasteiger charge is -2.26. The van der Waals surface area contributed by atoms with E-state index in [-0.39, 0.29) is 30.8 Å². The van der Waals surface area contributed by atoms with E-state index in [9.17, 15) is 39.6 Å². The molecule has 0 radical (unpaired) electrons. The Bertz CT molecular complexity index is 1140. The molecule has 40 heavy (non-hydrogen) atoms. The van der Waals surface area contributed by atoms with Crippen molar-refractivity contribution >= 4 is 35.5 Å². The highest BCUT2D eigenvalue weighted by Crippen LogP contribution is 2.13. The number of rotatable bonds is 15. The monoisotopic (exact) mass is 576 g/mol. The molecule has 0 aliphatic heterocycles. The molecule has 12 nitrogen and oxygen atoms in total. The predicted octanol–water partition coefficient (Wildman–Crippen LogP) is -0.117. The summed E-state index contributed by atoms with van der Waals surface area (Å²) >= 11 is 1.44. The van der Waals surface area contributed by atoms with E-state index in [1.54, 1.807) is 12.1 Å². The molecule has 13 heteroatoms. The zero-order chi connectivity index (χ0) is 29.8. The maximum absolute atomic E-state index is 13.1. The van der Waals surface area contributed by atoms with Gasteiger partial charge in [-0.15, -0.1) is 0 Å². The van der Waals surface area contributed by atoms with Gasteiger partial charge >= 0.3 is 5.97 Å². The van der Waals surface area contributed by atoms with Gasteiger partial charge in [0.25, 0.3) is 0 Å². The van der Waals surface area contributed by atoms with Crippen molar-refractivity contribution in [1.29, 1.82) is 0 Å². The first-order valence-corrected chi connectivity index (χ1v) is 13.9. The Morgan fingerprint density at radius 2 is 1.30 bits per heavy atom. The quantitative estimate of drug-likeness (QED) is 0.141. The Kier molecular flexibility index (Phi) is 12.7. The van der Waals surface area contributed by atoms with Gasteiger partial charge in [0.05, 0.1) is 12.1 Å². The smallest absolute Gasteiger partial charge is 0.326 e. The van der Waals surface area contributed by atoms with Gasteiger partial charge in [-0.2, -0.15) is 11.8 Å². The molecule has 3 amide bonds. The average molecular weight is 577 g/mol. The molecule has 2 rings (SSSR count). The fraction of sp³-hybridized carbons (Fsp3) is 0.407. The van der Waals surface area contributed by atoms with Crippen LogP contribution in [0, 0.1) is 0 Å². The van der Waals surface area contributed by atoms with Gasteiger partial charge in [-0.05, 0) is 67.2 Å². The highest BCUT2D eigenvalue weighted by Gasteiger charge is 2.32. The Hall–Kier alpha value is -3.81.